The van der Waals surface area contributed by atoms with Crippen LogP contribution in [0.15, 0.2) is 0 Å². The Hall–Kier alpha value is -0.350. The van der Waals surface area contributed by atoms with Gasteiger partial charge in [0.1, 0.15) is 0 Å². The standard InChI is InChI=1S/C13H23N3S/c17-13(14-10-4-1-2-5-10)15-11-7-9-16-8-3-6-12(11)16/h10-12H,1-9H2,(H2,14,15,17). The Bertz CT molecular complexity index is 288. The predicted octanol–water partition coefficient (Wildman–Crippen LogP) is 1.63. The molecule has 3 fully saturated rings. The largest absolute Gasteiger partial charge is 0.360 e. The van der Waals surface area contributed by atoms with E-state index in [-0.39, 0.29) is 0 Å². The highest BCUT2D eigenvalue weighted by Gasteiger charge is 2.37. The molecule has 2 saturated heterocycles. The number of rotatable bonds is 2. The zero-order chi connectivity index (χ0) is 11.7. The van der Waals surface area contributed by atoms with Crippen molar-refractivity contribution >= 4 is 17.3 Å². The Labute approximate surface area is 109 Å². The fourth-order valence-corrected chi connectivity index (χ4v) is 4.03. The molecule has 2 atom stereocenters. The van der Waals surface area contributed by atoms with Crippen molar-refractivity contribution in [2.45, 2.75) is 63.1 Å². The first-order valence-electron chi connectivity index (χ1n) is 7.14. The van der Waals surface area contributed by atoms with Gasteiger partial charge in [0.15, 0.2) is 5.11 Å². The number of hydrogen-bond donors (Lipinski definition) is 2. The van der Waals surface area contributed by atoms with Crippen molar-refractivity contribution < 1.29 is 0 Å². The van der Waals surface area contributed by atoms with Gasteiger partial charge in [-0.25, -0.2) is 0 Å². The van der Waals surface area contributed by atoms with Crippen molar-refractivity contribution in [1.82, 2.24) is 15.5 Å². The number of nitrogens with zero attached hydrogens (tertiary/aromatic N) is 1. The molecule has 96 valence electrons. The molecule has 3 rings (SSSR count). The van der Waals surface area contributed by atoms with E-state index in [0.717, 1.165) is 11.2 Å². The zero-order valence-corrected chi connectivity index (χ0v) is 11.3. The number of fused-ring (bicyclic) bond motifs is 1. The maximum absolute atomic E-state index is 5.45. The van der Waals surface area contributed by atoms with E-state index in [0.29, 0.717) is 12.1 Å². The second kappa shape index (κ2) is 5.11. The molecule has 2 unspecified atom stereocenters. The van der Waals surface area contributed by atoms with Gasteiger partial charge in [0.25, 0.3) is 0 Å². The van der Waals surface area contributed by atoms with Crippen LogP contribution in [-0.2, 0) is 0 Å². The van der Waals surface area contributed by atoms with E-state index in [1.54, 1.807) is 0 Å². The fraction of sp³-hybridized carbons (Fsp3) is 0.923. The van der Waals surface area contributed by atoms with Crippen molar-refractivity contribution in [3.8, 4) is 0 Å². The lowest BCUT2D eigenvalue weighted by molar-refractivity contribution is 0.308. The van der Waals surface area contributed by atoms with Crippen molar-refractivity contribution in [2.75, 3.05) is 13.1 Å². The molecule has 0 aromatic rings. The molecule has 1 saturated carbocycles. The molecule has 2 aliphatic heterocycles. The normalized spacial score (nSPS) is 33.9. The van der Waals surface area contributed by atoms with E-state index in [1.807, 2.05) is 0 Å². The Morgan fingerprint density at radius 1 is 0.941 bits per heavy atom. The van der Waals surface area contributed by atoms with Crippen LogP contribution in [0.5, 0.6) is 0 Å². The van der Waals surface area contributed by atoms with Gasteiger partial charge in [-0.15, -0.1) is 0 Å². The SMILES string of the molecule is S=C(NC1CCCC1)NC1CCN2CCCC12. The Balaban J connectivity index is 1.47. The molecule has 0 amide bonds. The molecule has 0 spiro atoms. The van der Waals surface area contributed by atoms with Crippen LogP contribution in [0.2, 0.25) is 0 Å². The van der Waals surface area contributed by atoms with Gasteiger partial charge < -0.3 is 10.6 Å². The summed E-state index contributed by atoms with van der Waals surface area (Å²) in [5.41, 5.74) is 0. The van der Waals surface area contributed by atoms with Crippen molar-refractivity contribution in [2.24, 2.45) is 0 Å². The van der Waals surface area contributed by atoms with Crippen molar-refractivity contribution in [1.29, 1.82) is 0 Å². The third-order valence-corrected chi connectivity index (χ3v) is 4.85. The summed E-state index contributed by atoms with van der Waals surface area (Å²) in [5, 5.41) is 7.94. The van der Waals surface area contributed by atoms with Crippen LogP contribution in [0, 0.1) is 0 Å². The van der Waals surface area contributed by atoms with Crippen LogP contribution in [0.3, 0.4) is 0 Å². The summed E-state index contributed by atoms with van der Waals surface area (Å²) in [6.45, 7) is 2.56. The van der Waals surface area contributed by atoms with Crippen LogP contribution in [0.25, 0.3) is 0 Å². The minimum absolute atomic E-state index is 0.596. The lowest BCUT2D eigenvalue weighted by atomic mass is 10.1. The quantitative estimate of drug-likeness (QED) is 0.732. The second-order valence-corrected chi connectivity index (χ2v) is 6.15. The number of nitrogens with one attached hydrogen (secondary N) is 2. The van der Waals surface area contributed by atoms with Crippen LogP contribution >= 0.6 is 12.2 Å². The molecular formula is C13H23N3S. The van der Waals surface area contributed by atoms with Gasteiger partial charge in [-0.1, -0.05) is 12.8 Å². The smallest absolute Gasteiger partial charge is 0.166 e. The molecule has 0 aromatic heterocycles. The number of thiocarbonyl (C=S) groups is 1. The molecule has 1 aliphatic carbocycles. The Kier molecular flexibility index (Phi) is 3.52. The Morgan fingerprint density at radius 2 is 1.76 bits per heavy atom. The maximum atomic E-state index is 5.45. The molecule has 0 radical (unpaired) electrons. The average Bonchev–Trinajstić information content (AvgIpc) is 2.97. The van der Waals surface area contributed by atoms with Crippen LogP contribution < -0.4 is 10.6 Å². The van der Waals surface area contributed by atoms with Crippen LogP contribution in [0.4, 0.5) is 0 Å². The summed E-state index contributed by atoms with van der Waals surface area (Å²) >= 11 is 5.45. The molecular weight excluding hydrogens is 230 g/mol. The zero-order valence-electron chi connectivity index (χ0n) is 10.5. The van der Waals surface area contributed by atoms with Crippen LogP contribution in [0.1, 0.15) is 44.9 Å². The third-order valence-electron chi connectivity index (χ3n) is 4.61. The lowest BCUT2D eigenvalue weighted by Crippen LogP contribution is -2.48. The molecule has 4 heteroatoms. The summed E-state index contributed by atoms with van der Waals surface area (Å²) in [6, 6.07) is 1.98. The van der Waals surface area contributed by atoms with E-state index in [4.69, 9.17) is 12.2 Å². The van der Waals surface area contributed by atoms with E-state index in [9.17, 15) is 0 Å². The van der Waals surface area contributed by atoms with Gasteiger partial charge in [0.2, 0.25) is 0 Å². The number of hydrogen-bond acceptors (Lipinski definition) is 2. The third kappa shape index (κ3) is 2.58. The first-order chi connectivity index (χ1) is 8.33. The highest BCUT2D eigenvalue weighted by atomic mass is 32.1. The summed E-state index contributed by atoms with van der Waals surface area (Å²) in [7, 11) is 0. The Morgan fingerprint density at radius 3 is 2.59 bits per heavy atom. The van der Waals surface area contributed by atoms with Crippen LogP contribution in [-0.4, -0.2) is 41.2 Å². The fourth-order valence-electron chi connectivity index (χ4n) is 3.72. The maximum Gasteiger partial charge on any atom is 0.166 e. The highest BCUT2D eigenvalue weighted by molar-refractivity contribution is 7.80. The van der Waals surface area contributed by atoms with Gasteiger partial charge in [-0.2, -0.15) is 0 Å². The van der Waals surface area contributed by atoms with E-state index in [1.165, 1.54) is 58.0 Å². The first-order valence-corrected chi connectivity index (χ1v) is 7.55. The predicted molar refractivity (Wildman–Crippen MR) is 74.1 cm³/mol. The van der Waals surface area contributed by atoms with Crippen molar-refractivity contribution in [3.63, 3.8) is 0 Å². The minimum Gasteiger partial charge on any atom is -0.360 e. The van der Waals surface area contributed by atoms with Gasteiger partial charge >= 0.3 is 0 Å². The van der Waals surface area contributed by atoms with Gasteiger partial charge in [-0.05, 0) is 50.9 Å². The molecule has 0 aromatic carbocycles. The first kappa shape index (κ1) is 11.7. The summed E-state index contributed by atoms with van der Waals surface area (Å²) in [4.78, 5) is 2.62. The van der Waals surface area contributed by atoms with Gasteiger partial charge in [0.05, 0.1) is 0 Å². The van der Waals surface area contributed by atoms with Crippen molar-refractivity contribution in [3.05, 3.63) is 0 Å². The molecule has 0 bridgehead atoms. The molecule has 3 aliphatic rings. The average molecular weight is 253 g/mol. The second-order valence-electron chi connectivity index (χ2n) is 5.74. The van der Waals surface area contributed by atoms with Gasteiger partial charge in [-0.3, -0.25) is 4.90 Å². The molecule has 17 heavy (non-hydrogen) atoms. The molecule has 2 N–H and O–H groups in total. The van der Waals surface area contributed by atoms with Gasteiger partial charge in [0, 0.05) is 24.7 Å². The molecule has 3 nitrogen and oxygen atoms in total. The monoisotopic (exact) mass is 253 g/mol. The summed E-state index contributed by atoms with van der Waals surface area (Å²) < 4.78 is 0. The topological polar surface area (TPSA) is 27.3 Å². The minimum atomic E-state index is 0.596. The summed E-state index contributed by atoms with van der Waals surface area (Å²) in [6.07, 6.45) is 9.29. The summed E-state index contributed by atoms with van der Waals surface area (Å²) in [5.74, 6) is 0. The molecule has 2 heterocycles. The van der Waals surface area contributed by atoms with E-state index in [2.05, 4.69) is 15.5 Å². The van der Waals surface area contributed by atoms with E-state index >= 15 is 0 Å². The van der Waals surface area contributed by atoms with E-state index < -0.39 is 0 Å². The lowest BCUT2D eigenvalue weighted by Gasteiger charge is -2.24. The highest BCUT2D eigenvalue weighted by Crippen LogP contribution is 2.27.